The van der Waals surface area contributed by atoms with E-state index in [1.165, 1.54) is 18.2 Å². The summed E-state index contributed by atoms with van der Waals surface area (Å²) in [5.41, 5.74) is 1.15. The molecule has 0 saturated heterocycles. The average Bonchev–Trinajstić information content (AvgIpc) is 2.54. The SMILES string of the molecule is CC1=C(C(=O)c2ccccc2)C(c2c(F)cccc2Cl)NC(=O)N1. The maximum Gasteiger partial charge on any atom is 0.319 e. The van der Waals surface area contributed by atoms with Crippen molar-refractivity contribution in [3.05, 3.63) is 81.8 Å². The third-order valence-corrected chi connectivity index (χ3v) is 4.17. The number of hydrogen-bond acceptors (Lipinski definition) is 2. The summed E-state index contributed by atoms with van der Waals surface area (Å²) in [4.78, 5) is 24.8. The Labute approximate surface area is 143 Å². The highest BCUT2D eigenvalue weighted by Crippen LogP contribution is 2.34. The number of hydrogen-bond donors (Lipinski definition) is 2. The second-order valence-corrected chi connectivity index (χ2v) is 5.81. The van der Waals surface area contributed by atoms with Gasteiger partial charge >= 0.3 is 6.03 Å². The number of amides is 2. The van der Waals surface area contributed by atoms with E-state index in [9.17, 15) is 14.0 Å². The monoisotopic (exact) mass is 344 g/mol. The highest BCUT2D eigenvalue weighted by atomic mass is 35.5. The van der Waals surface area contributed by atoms with E-state index < -0.39 is 17.9 Å². The number of Topliss-reactive ketones (excluding diaryl/α,β-unsaturated/α-hetero) is 1. The van der Waals surface area contributed by atoms with Crippen LogP contribution in [0.4, 0.5) is 9.18 Å². The van der Waals surface area contributed by atoms with Crippen LogP contribution in [-0.4, -0.2) is 11.8 Å². The smallest absolute Gasteiger partial charge is 0.319 e. The van der Waals surface area contributed by atoms with Crippen LogP contribution in [0.5, 0.6) is 0 Å². The van der Waals surface area contributed by atoms with Gasteiger partial charge in [0.25, 0.3) is 0 Å². The molecule has 2 N–H and O–H groups in total. The molecule has 0 aliphatic carbocycles. The van der Waals surface area contributed by atoms with Crippen LogP contribution in [0.15, 0.2) is 59.8 Å². The quantitative estimate of drug-likeness (QED) is 0.827. The fourth-order valence-electron chi connectivity index (χ4n) is 2.74. The summed E-state index contributed by atoms with van der Waals surface area (Å²) < 4.78 is 14.3. The summed E-state index contributed by atoms with van der Waals surface area (Å²) >= 11 is 6.13. The van der Waals surface area contributed by atoms with Crippen molar-refractivity contribution in [3.63, 3.8) is 0 Å². The predicted molar refractivity (Wildman–Crippen MR) is 89.3 cm³/mol. The first kappa shape index (κ1) is 16.2. The third-order valence-electron chi connectivity index (χ3n) is 3.84. The predicted octanol–water partition coefficient (Wildman–Crippen LogP) is 3.99. The highest BCUT2D eigenvalue weighted by Gasteiger charge is 2.34. The van der Waals surface area contributed by atoms with E-state index >= 15 is 0 Å². The standard InChI is InChI=1S/C18H14ClFN2O2/c1-10-14(17(23)11-6-3-2-4-7-11)16(22-18(24)21-10)15-12(19)8-5-9-13(15)20/h2-9,16H,1H3,(H2,21,22,24). The molecule has 1 atom stereocenters. The first-order chi connectivity index (χ1) is 11.5. The topological polar surface area (TPSA) is 58.2 Å². The van der Waals surface area contributed by atoms with Crippen LogP contribution in [0.3, 0.4) is 0 Å². The second-order valence-electron chi connectivity index (χ2n) is 5.40. The molecular weight excluding hydrogens is 331 g/mol. The van der Waals surface area contributed by atoms with Gasteiger partial charge in [-0.25, -0.2) is 9.18 Å². The van der Waals surface area contributed by atoms with E-state index in [-0.39, 0.29) is 21.9 Å². The van der Waals surface area contributed by atoms with Gasteiger partial charge in [-0.2, -0.15) is 0 Å². The third kappa shape index (κ3) is 2.90. The number of rotatable bonds is 3. The molecule has 6 heteroatoms. The molecule has 24 heavy (non-hydrogen) atoms. The summed E-state index contributed by atoms with van der Waals surface area (Å²) in [6.45, 7) is 1.61. The van der Waals surface area contributed by atoms with Crippen molar-refractivity contribution in [3.8, 4) is 0 Å². The molecule has 2 aromatic carbocycles. The van der Waals surface area contributed by atoms with E-state index in [1.807, 2.05) is 0 Å². The van der Waals surface area contributed by atoms with E-state index in [0.29, 0.717) is 11.3 Å². The lowest BCUT2D eigenvalue weighted by Gasteiger charge is -2.29. The number of ketones is 1. The van der Waals surface area contributed by atoms with Crippen LogP contribution in [-0.2, 0) is 0 Å². The molecule has 122 valence electrons. The lowest BCUT2D eigenvalue weighted by molar-refractivity contribution is 0.102. The van der Waals surface area contributed by atoms with Gasteiger partial charge in [-0.15, -0.1) is 0 Å². The van der Waals surface area contributed by atoms with Crippen molar-refractivity contribution >= 4 is 23.4 Å². The molecule has 1 heterocycles. The molecule has 0 fully saturated rings. The van der Waals surface area contributed by atoms with E-state index in [0.717, 1.165) is 0 Å². The van der Waals surface area contributed by atoms with Gasteiger partial charge in [0.2, 0.25) is 0 Å². The highest BCUT2D eigenvalue weighted by molar-refractivity contribution is 6.31. The van der Waals surface area contributed by atoms with Gasteiger partial charge in [-0.05, 0) is 19.1 Å². The Morgan fingerprint density at radius 1 is 1.12 bits per heavy atom. The Balaban J connectivity index is 2.15. The molecule has 0 aromatic heterocycles. The lowest BCUT2D eigenvalue weighted by Crippen LogP contribution is -2.45. The Bertz CT molecular complexity index is 829. The second kappa shape index (κ2) is 6.45. The maximum absolute atomic E-state index is 14.3. The van der Waals surface area contributed by atoms with Gasteiger partial charge < -0.3 is 10.6 Å². The maximum atomic E-state index is 14.3. The molecule has 2 aromatic rings. The normalized spacial score (nSPS) is 17.3. The van der Waals surface area contributed by atoms with Gasteiger partial charge in [-0.3, -0.25) is 4.79 Å². The minimum Gasteiger partial charge on any atom is -0.327 e. The summed E-state index contributed by atoms with van der Waals surface area (Å²) in [7, 11) is 0. The van der Waals surface area contributed by atoms with E-state index in [4.69, 9.17) is 11.6 Å². The summed E-state index contributed by atoms with van der Waals surface area (Å²) in [5.74, 6) is -0.884. The number of carbonyl (C=O) groups excluding carboxylic acids is 2. The first-order valence-electron chi connectivity index (χ1n) is 7.31. The zero-order valence-electron chi connectivity index (χ0n) is 12.8. The van der Waals surface area contributed by atoms with Crippen LogP contribution < -0.4 is 10.6 Å². The molecule has 0 bridgehead atoms. The van der Waals surface area contributed by atoms with Crippen LogP contribution in [0, 0.1) is 5.82 Å². The van der Waals surface area contributed by atoms with Crippen molar-refractivity contribution in [2.75, 3.05) is 0 Å². The largest absolute Gasteiger partial charge is 0.327 e. The van der Waals surface area contributed by atoms with Crippen LogP contribution in [0.1, 0.15) is 28.9 Å². The Hall–Kier alpha value is -2.66. The fourth-order valence-corrected chi connectivity index (χ4v) is 3.02. The molecule has 0 radical (unpaired) electrons. The van der Waals surface area contributed by atoms with E-state index in [1.54, 1.807) is 37.3 Å². The van der Waals surface area contributed by atoms with E-state index in [2.05, 4.69) is 10.6 Å². The summed E-state index contributed by atoms with van der Waals surface area (Å²) in [6, 6.07) is 11.4. The fraction of sp³-hybridized carbons (Fsp3) is 0.111. The Morgan fingerprint density at radius 2 is 1.83 bits per heavy atom. The van der Waals surface area contributed by atoms with Gasteiger partial charge in [0, 0.05) is 27.4 Å². The minimum atomic E-state index is -0.958. The summed E-state index contributed by atoms with van der Waals surface area (Å²) in [5, 5.41) is 5.30. The van der Waals surface area contributed by atoms with Crippen molar-refractivity contribution in [1.29, 1.82) is 0 Å². The van der Waals surface area contributed by atoms with Crippen molar-refractivity contribution in [2.24, 2.45) is 0 Å². The number of allylic oxidation sites excluding steroid dienone is 1. The molecule has 3 rings (SSSR count). The number of benzene rings is 2. The lowest BCUT2D eigenvalue weighted by atomic mass is 9.89. The number of urea groups is 1. The molecule has 1 aliphatic rings. The van der Waals surface area contributed by atoms with Gasteiger partial charge in [0.1, 0.15) is 5.82 Å². The van der Waals surface area contributed by atoms with Crippen molar-refractivity contribution in [1.82, 2.24) is 10.6 Å². The van der Waals surface area contributed by atoms with Gasteiger partial charge in [0.05, 0.1) is 6.04 Å². The van der Waals surface area contributed by atoms with Crippen LogP contribution in [0.25, 0.3) is 0 Å². The van der Waals surface area contributed by atoms with Crippen LogP contribution >= 0.6 is 11.6 Å². The van der Waals surface area contributed by atoms with Gasteiger partial charge in [0.15, 0.2) is 5.78 Å². The zero-order valence-corrected chi connectivity index (χ0v) is 13.5. The van der Waals surface area contributed by atoms with Crippen molar-refractivity contribution in [2.45, 2.75) is 13.0 Å². The molecule has 0 spiro atoms. The average molecular weight is 345 g/mol. The van der Waals surface area contributed by atoms with Crippen molar-refractivity contribution < 1.29 is 14.0 Å². The molecule has 4 nitrogen and oxygen atoms in total. The summed E-state index contributed by atoms with van der Waals surface area (Å²) in [6.07, 6.45) is 0. The Kier molecular flexibility index (Phi) is 4.36. The minimum absolute atomic E-state index is 0.0765. The molecular formula is C18H14ClFN2O2. The number of nitrogens with one attached hydrogen (secondary N) is 2. The molecule has 1 aliphatic heterocycles. The van der Waals surface area contributed by atoms with Gasteiger partial charge in [-0.1, -0.05) is 48.0 Å². The zero-order chi connectivity index (χ0) is 17.3. The first-order valence-corrected chi connectivity index (χ1v) is 7.68. The number of halogens is 2. The molecule has 2 amide bonds. The molecule has 0 saturated carbocycles. The Morgan fingerprint density at radius 3 is 2.50 bits per heavy atom. The number of carbonyl (C=O) groups is 2. The molecule has 1 unspecified atom stereocenters. The van der Waals surface area contributed by atoms with Crippen LogP contribution in [0.2, 0.25) is 5.02 Å².